The van der Waals surface area contributed by atoms with Gasteiger partial charge in [-0.15, -0.1) is 6.58 Å². The van der Waals surface area contributed by atoms with Crippen LogP contribution in [0, 0.1) is 0 Å². The van der Waals surface area contributed by atoms with E-state index in [2.05, 4.69) is 201 Å². The van der Waals surface area contributed by atoms with Gasteiger partial charge in [0.05, 0.1) is 12.3 Å². The van der Waals surface area contributed by atoms with Crippen molar-refractivity contribution < 1.29 is 0 Å². The van der Waals surface area contributed by atoms with E-state index < -0.39 is 13.4 Å². The first-order valence-electron chi connectivity index (χ1n) is 15.8. The second-order valence-electron chi connectivity index (χ2n) is 11.3. The van der Waals surface area contributed by atoms with E-state index in [0.29, 0.717) is 0 Å². The molecule has 0 atom stereocenters. The molecular weight excluding hydrogens is 546 g/mol. The van der Waals surface area contributed by atoms with Gasteiger partial charge in [0.15, 0.2) is 0 Å². The summed E-state index contributed by atoms with van der Waals surface area (Å²) in [6.45, 7) is 6.48. The second-order valence-corrected chi connectivity index (χ2v) is 14.9. The Labute approximate surface area is 265 Å². The highest BCUT2D eigenvalue weighted by Gasteiger charge is 2.44. The molecule has 0 fully saturated rings. The lowest BCUT2D eigenvalue weighted by molar-refractivity contribution is 0.891. The highest BCUT2D eigenvalue weighted by atomic mass is 31.2. The Kier molecular flexibility index (Phi) is 10.8. The van der Waals surface area contributed by atoms with Crippen molar-refractivity contribution in [3.05, 3.63) is 195 Å². The predicted molar refractivity (Wildman–Crippen MR) is 199 cm³/mol. The molecule has 0 saturated carbocycles. The molecule has 0 bridgehead atoms. The van der Waals surface area contributed by atoms with Crippen molar-refractivity contribution in [2.45, 2.75) is 19.8 Å². The maximum Gasteiger partial charge on any atom is 0.112 e. The molecule has 44 heavy (non-hydrogen) atoms. The standard InChI is InChI=1S/C22H24P.C20H18B/c1-2-3-19-23(20-13-7-4-8-14-20,21-15-9-5-10-16-21)22-17-11-6-12-18-22;1-2-21(18-12-6-3-7-13-18,19-14-8-4-9-15-19)20-16-10-5-11-17-20/h4-18H,2-3,19H2,1H3;2-17H,1H2/q+1;-1. The molecule has 6 rings (SSSR count). The lowest BCUT2D eigenvalue weighted by Crippen LogP contribution is -2.65. The SMILES string of the molecule is C=C[B-](c1ccccc1)(c1ccccc1)c1ccccc1.CCCC[P+](c1ccccc1)(c1ccccc1)c1ccccc1. The predicted octanol–water partition coefficient (Wildman–Crippen LogP) is 7.66. The van der Waals surface area contributed by atoms with Crippen LogP contribution in [0.15, 0.2) is 195 Å². The summed E-state index contributed by atoms with van der Waals surface area (Å²) >= 11 is 0. The topological polar surface area (TPSA) is 0 Å². The minimum atomic E-state index is -1.57. The summed E-state index contributed by atoms with van der Waals surface area (Å²) in [5.41, 5.74) is 3.89. The van der Waals surface area contributed by atoms with Crippen LogP contribution in [0.5, 0.6) is 0 Å². The largest absolute Gasteiger partial charge is 0.239 e. The van der Waals surface area contributed by atoms with Crippen molar-refractivity contribution in [3.63, 3.8) is 0 Å². The summed E-state index contributed by atoms with van der Waals surface area (Å²) < 4.78 is 0. The maximum atomic E-state index is 4.19. The third kappa shape index (κ3) is 6.55. The fourth-order valence-corrected chi connectivity index (χ4v) is 11.0. The van der Waals surface area contributed by atoms with Crippen molar-refractivity contribution in [1.82, 2.24) is 0 Å². The molecule has 0 amide bonds. The molecule has 0 N–H and O–H groups in total. The molecule has 0 heterocycles. The Morgan fingerprint density at radius 3 is 0.977 bits per heavy atom. The minimum Gasteiger partial charge on any atom is -0.239 e. The normalized spacial score (nSPS) is 11.2. The summed E-state index contributed by atoms with van der Waals surface area (Å²) in [4.78, 5) is 0. The van der Waals surface area contributed by atoms with Gasteiger partial charge >= 0.3 is 0 Å². The highest BCUT2D eigenvalue weighted by molar-refractivity contribution is 7.95. The van der Waals surface area contributed by atoms with Gasteiger partial charge in [0.2, 0.25) is 0 Å². The van der Waals surface area contributed by atoms with Crippen molar-refractivity contribution >= 4 is 45.7 Å². The first-order chi connectivity index (χ1) is 21.8. The molecular formula is C42H42BP. The van der Waals surface area contributed by atoms with E-state index in [1.807, 2.05) is 0 Å². The smallest absolute Gasteiger partial charge is 0.112 e. The molecule has 0 aromatic heterocycles. The van der Waals surface area contributed by atoms with Gasteiger partial charge in [-0.05, 0) is 42.8 Å². The molecule has 6 aromatic rings. The Morgan fingerprint density at radius 2 is 0.727 bits per heavy atom. The van der Waals surface area contributed by atoms with Crippen LogP contribution in [0.3, 0.4) is 0 Å². The van der Waals surface area contributed by atoms with E-state index in [-0.39, 0.29) is 0 Å². The lowest BCUT2D eigenvalue weighted by atomic mass is 9.16. The fraction of sp³-hybridized carbons (Fsp3) is 0.0952. The average Bonchev–Trinajstić information content (AvgIpc) is 3.12. The first kappa shape index (κ1) is 31.0. The van der Waals surface area contributed by atoms with Gasteiger partial charge in [0, 0.05) is 0 Å². The van der Waals surface area contributed by atoms with Crippen molar-refractivity contribution in [2.75, 3.05) is 6.16 Å². The lowest BCUT2D eigenvalue weighted by Gasteiger charge is -2.40. The summed E-state index contributed by atoms with van der Waals surface area (Å²) in [6, 6.07) is 65.3. The summed E-state index contributed by atoms with van der Waals surface area (Å²) in [6.07, 6.45) is 2.59. The van der Waals surface area contributed by atoms with Gasteiger partial charge in [0.1, 0.15) is 23.2 Å². The van der Waals surface area contributed by atoms with Gasteiger partial charge in [-0.3, -0.25) is 0 Å². The molecule has 0 radical (unpaired) electrons. The van der Waals surface area contributed by atoms with Crippen LogP contribution in [-0.2, 0) is 0 Å². The molecule has 0 saturated heterocycles. The minimum absolute atomic E-state index is 1.13. The average molecular weight is 589 g/mol. The van der Waals surface area contributed by atoms with Crippen LogP contribution < -0.4 is 32.3 Å². The Balaban J connectivity index is 0.000000175. The van der Waals surface area contributed by atoms with Gasteiger partial charge in [-0.1, -0.05) is 159 Å². The first-order valence-corrected chi connectivity index (χ1v) is 17.7. The maximum absolute atomic E-state index is 4.19. The fourth-order valence-electron chi connectivity index (χ4n) is 6.53. The van der Waals surface area contributed by atoms with Crippen molar-refractivity contribution in [2.24, 2.45) is 0 Å². The zero-order chi connectivity index (χ0) is 30.5. The van der Waals surface area contributed by atoms with Crippen molar-refractivity contribution in [1.29, 1.82) is 0 Å². The molecule has 2 heteroatoms. The quantitative estimate of drug-likeness (QED) is 0.114. The molecule has 0 nitrogen and oxygen atoms in total. The second kappa shape index (κ2) is 15.3. The summed E-state index contributed by atoms with van der Waals surface area (Å²) in [7, 11) is -1.57. The third-order valence-corrected chi connectivity index (χ3v) is 13.3. The number of hydrogen-bond acceptors (Lipinski definition) is 0. The zero-order valence-electron chi connectivity index (χ0n) is 25.8. The number of benzene rings is 6. The van der Waals surface area contributed by atoms with Gasteiger partial charge in [-0.25, -0.2) is 5.98 Å². The molecule has 218 valence electrons. The van der Waals surface area contributed by atoms with Crippen LogP contribution >= 0.6 is 7.26 Å². The van der Waals surface area contributed by atoms with E-state index >= 15 is 0 Å². The Morgan fingerprint density at radius 1 is 0.455 bits per heavy atom. The van der Waals surface area contributed by atoms with Crippen LogP contribution in [0.4, 0.5) is 0 Å². The van der Waals surface area contributed by atoms with Gasteiger partial charge < -0.3 is 0 Å². The third-order valence-electron chi connectivity index (χ3n) is 8.77. The van der Waals surface area contributed by atoms with E-state index in [4.69, 9.17) is 0 Å². The monoisotopic (exact) mass is 588 g/mol. The molecule has 0 aliphatic carbocycles. The summed E-state index contributed by atoms with van der Waals surface area (Å²) in [5.74, 6) is 2.11. The molecule has 0 aliphatic heterocycles. The molecule has 6 aromatic carbocycles. The van der Waals surface area contributed by atoms with Crippen LogP contribution in [0.2, 0.25) is 0 Å². The Hall–Kier alpha value is -4.45. The molecule has 0 aliphatic rings. The van der Waals surface area contributed by atoms with Crippen LogP contribution in [0.25, 0.3) is 0 Å². The highest BCUT2D eigenvalue weighted by Crippen LogP contribution is 2.55. The zero-order valence-corrected chi connectivity index (χ0v) is 26.6. The van der Waals surface area contributed by atoms with E-state index in [9.17, 15) is 0 Å². The van der Waals surface area contributed by atoms with Crippen molar-refractivity contribution in [3.8, 4) is 0 Å². The van der Waals surface area contributed by atoms with Gasteiger partial charge in [-0.2, -0.15) is 16.4 Å². The number of unbranched alkanes of at least 4 members (excludes halogenated alkanes) is 1. The Bertz CT molecular complexity index is 1480. The van der Waals surface area contributed by atoms with Gasteiger partial charge in [0.25, 0.3) is 0 Å². The number of hydrogen-bond donors (Lipinski definition) is 0. The van der Waals surface area contributed by atoms with E-state index in [1.165, 1.54) is 51.3 Å². The van der Waals surface area contributed by atoms with Crippen LogP contribution in [-0.4, -0.2) is 12.3 Å². The van der Waals surface area contributed by atoms with E-state index in [1.54, 1.807) is 0 Å². The molecule has 0 unspecified atom stereocenters. The molecule has 0 spiro atoms. The van der Waals surface area contributed by atoms with Crippen LogP contribution in [0.1, 0.15) is 19.8 Å². The van der Waals surface area contributed by atoms with E-state index in [0.717, 1.165) is 0 Å². The summed E-state index contributed by atoms with van der Waals surface area (Å²) in [5, 5.41) is 4.47. The number of rotatable bonds is 10.